The minimum Gasteiger partial charge on any atom is -0.207 e. The molecule has 1 aliphatic carbocycles. The van der Waals surface area contributed by atoms with E-state index in [2.05, 4.69) is 0 Å². The molecule has 0 aromatic heterocycles. The molecule has 0 saturated heterocycles. The highest BCUT2D eigenvalue weighted by atomic mass is 19.1. The van der Waals surface area contributed by atoms with E-state index in [1.165, 1.54) is 0 Å². The molecule has 0 aromatic carbocycles. The predicted molar refractivity (Wildman–Crippen MR) is 46.0 cm³/mol. The van der Waals surface area contributed by atoms with Crippen LogP contribution in [0.15, 0.2) is 35.0 Å². The Morgan fingerprint density at radius 2 is 2.08 bits per heavy atom. The van der Waals surface area contributed by atoms with Crippen molar-refractivity contribution in [2.24, 2.45) is 0 Å². The molecule has 1 rings (SSSR count). The largest absolute Gasteiger partial charge is 0.207 e. The van der Waals surface area contributed by atoms with Crippen molar-refractivity contribution >= 4 is 0 Å². The maximum absolute atomic E-state index is 13.1. The van der Waals surface area contributed by atoms with Crippen molar-refractivity contribution in [3.8, 4) is 0 Å². The van der Waals surface area contributed by atoms with Gasteiger partial charge in [-0.3, -0.25) is 0 Å². The summed E-state index contributed by atoms with van der Waals surface area (Å²) < 4.78 is 26.0. The number of hydrogen-bond acceptors (Lipinski definition) is 0. The van der Waals surface area contributed by atoms with Crippen molar-refractivity contribution in [3.05, 3.63) is 35.0 Å². The first-order valence-electron chi connectivity index (χ1n) is 4.07. The first kappa shape index (κ1) is 9.17. The van der Waals surface area contributed by atoms with E-state index in [9.17, 15) is 8.78 Å². The van der Waals surface area contributed by atoms with Gasteiger partial charge in [0.15, 0.2) is 0 Å². The summed E-state index contributed by atoms with van der Waals surface area (Å²) in [5.41, 5.74) is 1.19. The van der Waals surface area contributed by atoms with Crippen LogP contribution in [0.5, 0.6) is 0 Å². The normalized spacial score (nSPS) is 18.7. The number of allylic oxidation sites excluding steroid dienone is 6. The van der Waals surface area contributed by atoms with Crippen LogP contribution in [-0.4, -0.2) is 0 Å². The summed E-state index contributed by atoms with van der Waals surface area (Å²) in [6.07, 6.45) is 3.84. The van der Waals surface area contributed by atoms with Crippen molar-refractivity contribution in [2.45, 2.75) is 26.7 Å². The van der Waals surface area contributed by atoms with Gasteiger partial charge in [0.05, 0.1) is 0 Å². The molecular formula is C10H12F2. The smallest absolute Gasteiger partial charge is 0.128 e. The van der Waals surface area contributed by atoms with Crippen LogP contribution in [0.2, 0.25) is 0 Å². The molecule has 0 amide bonds. The summed E-state index contributed by atoms with van der Waals surface area (Å²) in [5.74, 6) is -0.876. The monoisotopic (exact) mass is 170 g/mol. The predicted octanol–water partition coefficient (Wildman–Crippen LogP) is 3.82. The van der Waals surface area contributed by atoms with Crippen LogP contribution in [0.3, 0.4) is 0 Å². The Balaban J connectivity index is 2.99. The van der Waals surface area contributed by atoms with Gasteiger partial charge in [-0.05, 0) is 30.9 Å². The molecule has 0 fully saturated rings. The van der Waals surface area contributed by atoms with E-state index < -0.39 is 11.7 Å². The van der Waals surface area contributed by atoms with Gasteiger partial charge in [-0.25, -0.2) is 8.78 Å². The molecule has 0 bridgehead atoms. The second-order valence-corrected chi connectivity index (χ2v) is 2.91. The summed E-state index contributed by atoms with van der Waals surface area (Å²) >= 11 is 0. The molecule has 12 heavy (non-hydrogen) atoms. The highest BCUT2D eigenvalue weighted by molar-refractivity contribution is 5.36. The Labute approximate surface area is 71.3 Å². The van der Waals surface area contributed by atoms with E-state index in [-0.39, 0.29) is 0 Å². The molecule has 0 radical (unpaired) electrons. The van der Waals surface area contributed by atoms with E-state index in [1.807, 2.05) is 6.92 Å². The maximum Gasteiger partial charge on any atom is 0.128 e. The van der Waals surface area contributed by atoms with Crippen LogP contribution in [0.25, 0.3) is 0 Å². The second kappa shape index (κ2) is 3.65. The van der Waals surface area contributed by atoms with E-state index in [0.29, 0.717) is 24.0 Å². The SMILES string of the molecule is CCC1=CCC(C)=C(F)C=C1F. The van der Waals surface area contributed by atoms with Crippen molar-refractivity contribution in [1.29, 1.82) is 0 Å². The molecule has 0 saturated carbocycles. The van der Waals surface area contributed by atoms with Crippen LogP contribution >= 0.6 is 0 Å². The quantitative estimate of drug-likeness (QED) is 0.561. The van der Waals surface area contributed by atoms with E-state index in [4.69, 9.17) is 0 Å². The molecule has 0 heterocycles. The van der Waals surface area contributed by atoms with Gasteiger partial charge in [0.2, 0.25) is 0 Å². The molecule has 2 heteroatoms. The highest BCUT2D eigenvalue weighted by Gasteiger charge is 2.09. The van der Waals surface area contributed by atoms with Crippen LogP contribution in [-0.2, 0) is 0 Å². The topological polar surface area (TPSA) is 0 Å². The molecule has 0 atom stereocenters. The highest BCUT2D eigenvalue weighted by Crippen LogP contribution is 2.25. The fourth-order valence-corrected chi connectivity index (χ4v) is 1.11. The molecule has 0 N–H and O–H groups in total. The Bertz CT molecular complexity index is 270. The average Bonchev–Trinajstić information content (AvgIpc) is 2.14. The van der Waals surface area contributed by atoms with E-state index in [0.717, 1.165) is 6.08 Å². The van der Waals surface area contributed by atoms with Crippen LogP contribution in [0.1, 0.15) is 26.7 Å². The molecule has 0 unspecified atom stereocenters. The third kappa shape index (κ3) is 1.81. The number of rotatable bonds is 1. The summed E-state index contributed by atoms with van der Waals surface area (Å²) in [6, 6.07) is 0. The van der Waals surface area contributed by atoms with Gasteiger partial charge in [0, 0.05) is 6.08 Å². The molecular weight excluding hydrogens is 158 g/mol. The van der Waals surface area contributed by atoms with Crippen molar-refractivity contribution in [2.75, 3.05) is 0 Å². The lowest BCUT2D eigenvalue weighted by molar-refractivity contribution is 0.615. The van der Waals surface area contributed by atoms with Crippen molar-refractivity contribution < 1.29 is 8.78 Å². The minimum atomic E-state index is -0.438. The first-order valence-corrected chi connectivity index (χ1v) is 4.07. The van der Waals surface area contributed by atoms with E-state index in [1.54, 1.807) is 13.0 Å². The standard InChI is InChI=1S/C10H12F2/c1-3-8-5-4-7(2)9(11)6-10(8)12/h5-6H,3-4H2,1-2H3. The summed E-state index contributed by atoms with van der Waals surface area (Å²) in [5, 5.41) is 0. The summed E-state index contributed by atoms with van der Waals surface area (Å²) in [7, 11) is 0. The number of halogens is 2. The molecule has 0 nitrogen and oxygen atoms in total. The Morgan fingerprint density at radius 3 is 2.67 bits per heavy atom. The zero-order chi connectivity index (χ0) is 9.14. The van der Waals surface area contributed by atoms with E-state index >= 15 is 0 Å². The maximum atomic E-state index is 13.1. The van der Waals surface area contributed by atoms with Crippen molar-refractivity contribution in [1.82, 2.24) is 0 Å². The van der Waals surface area contributed by atoms with Crippen LogP contribution < -0.4 is 0 Å². The van der Waals surface area contributed by atoms with Gasteiger partial charge in [-0.2, -0.15) is 0 Å². The minimum absolute atomic E-state index is 0.438. The molecule has 66 valence electrons. The fraction of sp³-hybridized carbons (Fsp3) is 0.400. The molecule has 0 aliphatic heterocycles. The Kier molecular flexibility index (Phi) is 2.79. The van der Waals surface area contributed by atoms with Crippen molar-refractivity contribution in [3.63, 3.8) is 0 Å². The van der Waals surface area contributed by atoms with Crippen LogP contribution in [0.4, 0.5) is 8.78 Å². The average molecular weight is 170 g/mol. The zero-order valence-electron chi connectivity index (χ0n) is 7.32. The summed E-state index contributed by atoms with van der Waals surface area (Å²) in [4.78, 5) is 0. The van der Waals surface area contributed by atoms with Gasteiger partial charge < -0.3 is 0 Å². The lowest BCUT2D eigenvalue weighted by atomic mass is 10.1. The fourth-order valence-electron chi connectivity index (χ4n) is 1.11. The Morgan fingerprint density at radius 1 is 1.42 bits per heavy atom. The van der Waals surface area contributed by atoms with Gasteiger partial charge in [-0.15, -0.1) is 0 Å². The molecule has 0 aromatic rings. The zero-order valence-corrected chi connectivity index (χ0v) is 7.32. The number of hydrogen-bond donors (Lipinski definition) is 0. The van der Waals surface area contributed by atoms with Crippen LogP contribution in [0, 0.1) is 0 Å². The third-order valence-electron chi connectivity index (χ3n) is 2.00. The lowest BCUT2D eigenvalue weighted by Gasteiger charge is -1.97. The third-order valence-corrected chi connectivity index (χ3v) is 2.00. The van der Waals surface area contributed by atoms with Gasteiger partial charge in [0.25, 0.3) is 0 Å². The Hall–Kier alpha value is -0.920. The summed E-state index contributed by atoms with van der Waals surface area (Å²) in [6.45, 7) is 3.53. The van der Waals surface area contributed by atoms with Gasteiger partial charge >= 0.3 is 0 Å². The van der Waals surface area contributed by atoms with Gasteiger partial charge in [0.1, 0.15) is 11.7 Å². The molecule has 1 aliphatic rings. The second-order valence-electron chi connectivity index (χ2n) is 2.91. The van der Waals surface area contributed by atoms with Gasteiger partial charge in [-0.1, -0.05) is 13.0 Å². The first-order chi connectivity index (χ1) is 5.65. The lowest BCUT2D eigenvalue weighted by Crippen LogP contribution is -1.80. The molecule has 0 spiro atoms.